The van der Waals surface area contributed by atoms with Gasteiger partial charge in [-0.05, 0) is 0 Å². The first kappa shape index (κ1) is 30.0. The first-order valence-corrected chi connectivity index (χ1v) is 8.20. The van der Waals surface area contributed by atoms with Crippen LogP contribution in [0.15, 0.2) is 0 Å². The Bertz CT molecular complexity index is 271. The Balaban J connectivity index is -0.00000242. The minimum Gasteiger partial charge on any atom is -1.00 e. The minimum absolute atomic E-state index is 0. The lowest BCUT2D eigenvalue weighted by Gasteiger charge is -2.26. The van der Waals surface area contributed by atoms with E-state index >= 15 is 0 Å². The Morgan fingerprint density at radius 2 is 0.880 bits per heavy atom. The van der Waals surface area contributed by atoms with E-state index in [9.17, 15) is 10.2 Å². The molecule has 0 aliphatic carbocycles. The van der Waals surface area contributed by atoms with E-state index in [0.29, 0.717) is 61.7 Å². The van der Waals surface area contributed by atoms with Crippen LogP contribution in [0.1, 0.15) is 0 Å². The molecule has 25 heavy (non-hydrogen) atoms. The van der Waals surface area contributed by atoms with E-state index in [-0.39, 0.29) is 24.8 Å². The molecule has 0 aromatic carbocycles. The number of nitrogens with zero attached hydrogens (tertiary/aromatic N) is 2. The topological polar surface area (TPSA) is 68.2 Å². The molecule has 0 saturated heterocycles. The predicted octanol–water partition coefficient (Wildman–Crippen LogP) is -6.82. The summed E-state index contributed by atoms with van der Waals surface area (Å²) in [5, 5.41) is 19.5. The van der Waals surface area contributed by atoms with Crippen LogP contribution in [-0.4, -0.2) is 126 Å². The molecule has 0 aromatic rings. The summed E-state index contributed by atoms with van der Waals surface area (Å²) in [7, 11) is 12.2. The quantitative estimate of drug-likeness (QED) is 0.221. The van der Waals surface area contributed by atoms with E-state index in [1.54, 1.807) is 0 Å². The van der Waals surface area contributed by atoms with Crippen molar-refractivity contribution in [2.45, 2.75) is 12.2 Å². The second-order valence-electron chi connectivity index (χ2n) is 8.02. The second kappa shape index (κ2) is 15.4. The van der Waals surface area contributed by atoms with Gasteiger partial charge in [0.1, 0.15) is 25.3 Å². The second-order valence-corrected chi connectivity index (χ2v) is 8.02. The summed E-state index contributed by atoms with van der Waals surface area (Å²) in [5.74, 6) is 0. The van der Waals surface area contributed by atoms with Crippen LogP contribution >= 0.6 is 0 Å². The lowest BCUT2D eigenvalue weighted by atomic mass is 10.3. The van der Waals surface area contributed by atoms with E-state index in [2.05, 4.69) is 0 Å². The van der Waals surface area contributed by atoms with Crippen LogP contribution in [0.25, 0.3) is 0 Å². The van der Waals surface area contributed by atoms with Crippen molar-refractivity contribution in [3.8, 4) is 0 Å². The Morgan fingerprint density at radius 3 is 1.16 bits per heavy atom. The van der Waals surface area contributed by atoms with Gasteiger partial charge in [-0.2, -0.15) is 0 Å². The minimum atomic E-state index is -0.457. The van der Waals surface area contributed by atoms with Crippen molar-refractivity contribution in [1.82, 2.24) is 0 Å². The molecule has 2 unspecified atom stereocenters. The predicted molar refractivity (Wildman–Crippen MR) is 90.3 cm³/mol. The molecule has 0 radical (unpaired) electrons. The number of hydrogen-bond acceptors (Lipinski definition) is 5. The van der Waals surface area contributed by atoms with Crippen molar-refractivity contribution in [1.29, 1.82) is 0 Å². The van der Waals surface area contributed by atoms with Gasteiger partial charge in [0.25, 0.3) is 0 Å². The molecule has 9 heteroatoms. The number of ether oxygens (including phenoxy) is 3. The highest BCUT2D eigenvalue weighted by Gasteiger charge is 2.16. The lowest BCUT2D eigenvalue weighted by molar-refractivity contribution is -0.873. The largest absolute Gasteiger partial charge is 1.00 e. The number of halogens is 2. The molecule has 0 bridgehead atoms. The number of hydrogen-bond donors (Lipinski definition) is 2. The van der Waals surface area contributed by atoms with Crippen LogP contribution < -0.4 is 24.8 Å². The molecule has 0 saturated carbocycles. The highest BCUT2D eigenvalue weighted by Crippen LogP contribution is 1.97. The Kier molecular flexibility index (Phi) is 18.5. The van der Waals surface area contributed by atoms with Crippen LogP contribution in [0.5, 0.6) is 0 Å². The maximum atomic E-state index is 9.76. The van der Waals surface area contributed by atoms with Crippen molar-refractivity contribution in [2.24, 2.45) is 0 Å². The Hall–Kier alpha value is 0.300. The van der Waals surface area contributed by atoms with E-state index in [1.807, 2.05) is 42.3 Å². The fourth-order valence-corrected chi connectivity index (χ4v) is 2.15. The average Bonchev–Trinajstić information content (AvgIpc) is 2.32. The molecule has 156 valence electrons. The van der Waals surface area contributed by atoms with Gasteiger partial charge in [-0.25, -0.2) is 0 Å². The number of likely N-dealkylation sites (N-methyl/N-ethyl adjacent to an activating group) is 2. The number of quaternary nitrogens is 2. The molecule has 0 rings (SSSR count). The highest BCUT2D eigenvalue weighted by atomic mass is 35.5. The molecular weight excluding hydrogens is 371 g/mol. The highest BCUT2D eigenvalue weighted by molar-refractivity contribution is 4.52. The summed E-state index contributed by atoms with van der Waals surface area (Å²) in [6, 6.07) is 0. The Labute approximate surface area is 165 Å². The zero-order chi connectivity index (χ0) is 17.9. The Morgan fingerprint density at radius 1 is 0.600 bits per heavy atom. The van der Waals surface area contributed by atoms with Crippen LogP contribution in [0, 0.1) is 0 Å². The maximum Gasteiger partial charge on any atom is 0.126 e. The van der Waals surface area contributed by atoms with Crippen molar-refractivity contribution >= 4 is 0 Å². The average molecular weight is 409 g/mol. The van der Waals surface area contributed by atoms with Crippen LogP contribution in [-0.2, 0) is 14.2 Å². The molecule has 0 aromatic heterocycles. The third kappa shape index (κ3) is 24.3. The molecule has 0 fully saturated rings. The summed E-state index contributed by atoms with van der Waals surface area (Å²) >= 11 is 0. The van der Waals surface area contributed by atoms with E-state index in [1.165, 1.54) is 0 Å². The van der Waals surface area contributed by atoms with Crippen LogP contribution in [0.2, 0.25) is 0 Å². The third-order valence-corrected chi connectivity index (χ3v) is 2.88. The summed E-state index contributed by atoms with van der Waals surface area (Å²) in [5.41, 5.74) is 0. The van der Waals surface area contributed by atoms with E-state index in [0.717, 1.165) is 0 Å². The summed E-state index contributed by atoms with van der Waals surface area (Å²) in [4.78, 5) is 0. The number of aliphatic hydroxyl groups is 2. The molecule has 2 atom stereocenters. The molecule has 0 amide bonds. The van der Waals surface area contributed by atoms with Crippen molar-refractivity contribution in [2.75, 3.05) is 95.0 Å². The lowest BCUT2D eigenvalue weighted by Crippen LogP contribution is -3.00. The van der Waals surface area contributed by atoms with Gasteiger partial charge in [-0.1, -0.05) is 0 Å². The van der Waals surface area contributed by atoms with Crippen molar-refractivity contribution < 1.29 is 58.2 Å². The van der Waals surface area contributed by atoms with Crippen molar-refractivity contribution in [3.63, 3.8) is 0 Å². The molecule has 7 nitrogen and oxygen atoms in total. The smallest absolute Gasteiger partial charge is 0.126 e. The molecule has 2 N–H and O–H groups in total. The fourth-order valence-electron chi connectivity index (χ4n) is 2.15. The summed E-state index contributed by atoms with van der Waals surface area (Å²) in [6.07, 6.45) is -0.915. The van der Waals surface area contributed by atoms with Gasteiger partial charge in [0.2, 0.25) is 0 Å². The molecular formula is C16H38Cl2N2O5. The first-order valence-electron chi connectivity index (χ1n) is 8.20. The van der Waals surface area contributed by atoms with Crippen LogP contribution in [0.3, 0.4) is 0 Å². The summed E-state index contributed by atoms with van der Waals surface area (Å²) in [6.45, 7) is 3.83. The van der Waals surface area contributed by atoms with Gasteiger partial charge in [0.05, 0.1) is 81.9 Å². The van der Waals surface area contributed by atoms with Gasteiger partial charge in [0, 0.05) is 0 Å². The standard InChI is InChI=1S/C16H38N2O5.2ClH/c1-17(2,3)11-15(19)13-22-9-7-21-8-10-23-14-16(20)12-18(4,5)6;;/h15-16,19-20H,7-14H2,1-6H3;2*1H/q+2;;/p-2. The molecule has 0 aliphatic heterocycles. The molecule has 0 aliphatic rings. The van der Waals surface area contributed by atoms with Gasteiger partial charge in [-0.3, -0.25) is 0 Å². The molecule has 0 heterocycles. The van der Waals surface area contributed by atoms with Crippen LogP contribution in [0.4, 0.5) is 0 Å². The third-order valence-electron chi connectivity index (χ3n) is 2.88. The fraction of sp³-hybridized carbons (Fsp3) is 1.00. The maximum absolute atomic E-state index is 9.76. The number of rotatable bonds is 14. The first-order chi connectivity index (χ1) is 10.5. The van der Waals surface area contributed by atoms with E-state index < -0.39 is 12.2 Å². The summed E-state index contributed by atoms with van der Waals surface area (Å²) < 4.78 is 17.5. The SMILES string of the molecule is C[N+](C)(C)CC(O)COCCOCCOCC(O)C[N+](C)(C)C.[Cl-].[Cl-]. The van der Waals surface area contributed by atoms with Gasteiger partial charge >= 0.3 is 0 Å². The van der Waals surface area contributed by atoms with Gasteiger partial charge < -0.3 is 58.2 Å². The normalized spacial score (nSPS) is 14.4. The van der Waals surface area contributed by atoms with Gasteiger partial charge in [-0.15, -0.1) is 0 Å². The van der Waals surface area contributed by atoms with Crippen molar-refractivity contribution in [3.05, 3.63) is 0 Å². The zero-order valence-electron chi connectivity index (χ0n) is 16.6. The van der Waals surface area contributed by atoms with Gasteiger partial charge in [0.15, 0.2) is 0 Å². The monoisotopic (exact) mass is 408 g/mol. The van der Waals surface area contributed by atoms with E-state index in [4.69, 9.17) is 14.2 Å². The zero-order valence-corrected chi connectivity index (χ0v) is 18.1. The molecule has 0 spiro atoms. The number of aliphatic hydroxyl groups excluding tert-OH is 2.